The number of rotatable bonds is 5. The molecule has 0 bridgehead atoms. The average molecular weight is 379 g/mol. The number of morpholine rings is 1. The molecule has 1 atom stereocenters. The maximum atomic E-state index is 12.8. The molecule has 1 saturated heterocycles. The minimum absolute atomic E-state index is 0.00961. The van der Waals surface area contributed by atoms with E-state index in [4.69, 9.17) is 14.7 Å². The molecule has 0 spiro atoms. The standard InChI is InChI=1S/C16H17N3O6S/c20-16(18-21)15-11-24-10-9-19(15)26(22,23)14-3-1-12(2-4-14)25-13-5-7-17-8-6-13/h1-8,15,21H,9-11H2,(H,18,20). The number of nitrogens with zero attached hydrogens (tertiary/aromatic N) is 2. The van der Waals surface area contributed by atoms with Crippen molar-refractivity contribution in [2.75, 3.05) is 19.8 Å². The molecular formula is C16H17N3O6S. The summed E-state index contributed by atoms with van der Waals surface area (Å²) >= 11 is 0. The fraction of sp³-hybridized carbons (Fsp3) is 0.250. The number of benzene rings is 1. The van der Waals surface area contributed by atoms with Crippen LogP contribution in [-0.4, -0.2) is 54.6 Å². The molecule has 0 saturated carbocycles. The van der Waals surface area contributed by atoms with Gasteiger partial charge in [-0.15, -0.1) is 0 Å². The highest BCUT2D eigenvalue weighted by Gasteiger charge is 2.38. The zero-order chi connectivity index (χ0) is 18.6. The van der Waals surface area contributed by atoms with Gasteiger partial charge >= 0.3 is 0 Å². The summed E-state index contributed by atoms with van der Waals surface area (Å²) in [5.41, 5.74) is 1.47. The van der Waals surface area contributed by atoms with Gasteiger partial charge < -0.3 is 9.47 Å². The Morgan fingerprint density at radius 1 is 1.19 bits per heavy atom. The summed E-state index contributed by atoms with van der Waals surface area (Å²) in [5, 5.41) is 8.82. The van der Waals surface area contributed by atoms with Crippen molar-refractivity contribution in [3.05, 3.63) is 48.8 Å². The quantitative estimate of drug-likeness (QED) is 0.582. The van der Waals surface area contributed by atoms with Gasteiger partial charge in [0.05, 0.1) is 18.1 Å². The SMILES string of the molecule is O=C(NO)C1COCCN1S(=O)(=O)c1ccc(Oc2ccncc2)cc1. The molecule has 3 rings (SSSR count). The third-order valence-electron chi connectivity index (χ3n) is 3.81. The molecule has 2 aromatic rings. The zero-order valence-electron chi connectivity index (χ0n) is 13.6. The number of carbonyl (C=O) groups is 1. The molecule has 26 heavy (non-hydrogen) atoms. The van der Waals surface area contributed by atoms with Crippen molar-refractivity contribution < 1.29 is 27.9 Å². The van der Waals surface area contributed by atoms with Gasteiger partial charge in [-0.1, -0.05) is 0 Å². The number of hydroxylamine groups is 1. The van der Waals surface area contributed by atoms with E-state index in [1.807, 2.05) is 0 Å². The Morgan fingerprint density at radius 2 is 1.85 bits per heavy atom. The summed E-state index contributed by atoms with van der Waals surface area (Å²) in [6, 6.07) is 8.06. The summed E-state index contributed by atoms with van der Waals surface area (Å²) in [6.07, 6.45) is 3.16. The molecule has 2 heterocycles. The second kappa shape index (κ2) is 7.79. The molecule has 1 unspecified atom stereocenters. The molecule has 1 fully saturated rings. The Morgan fingerprint density at radius 3 is 2.50 bits per heavy atom. The van der Waals surface area contributed by atoms with E-state index in [0.717, 1.165) is 4.31 Å². The summed E-state index contributed by atoms with van der Waals surface area (Å²) in [7, 11) is -3.94. The fourth-order valence-electron chi connectivity index (χ4n) is 2.51. The highest BCUT2D eigenvalue weighted by molar-refractivity contribution is 7.89. The van der Waals surface area contributed by atoms with Crippen LogP contribution in [0.4, 0.5) is 0 Å². The van der Waals surface area contributed by atoms with Crippen molar-refractivity contribution in [3.8, 4) is 11.5 Å². The number of hydrogen-bond donors (Lipinski definition) is 2. The Hall–Kier alpha value is -2.53. The molecule has 9 nitrogen and oxygen atoms in total. The number of amides is 1. The lowest BCUT2D eigenvalue weighted by Gasteiger charge is -2.32. The van der Waals surface area contributed by atoms with Crippen LogP contribution in [0, 0.1) is 0 Å². The predicted octanol–water partition coefficient (Wildman–Crippen LogP) is 0.769. The second-order valence-electron chi connectivity index (χ2n) is 5.44. The van der Waals surface area contributed by atoms with Gasteiger partial charge in [-0.05, 0) is 36.4 Å². The molecular weight excluding hydrogens is 362 g/mol. The van der Waals surface area contributed by atoms with Crippen LogP contribution in [-0.2, 0) is 19.6 Å². The molecule has 1 aliphatic heterocycles. The molecule has 1 aliphatic rings. The van der Waals surface area contributed by atoms with Crippen LogP contribution in [0.3, 0.4) is 0 Å². The number of sulfonamides is 1. The second-order valence-corrected chi connectivity index (χ2v) is 7.33. The Kier molecular flexibility index (Phi) is 5.47. The smallest absolute Gasteiger partial charge is 0.264 e. The number of hydrogen-bond acceptors (Lipinski definition) is 7. The van der Waals surface area contributed by atoms with Gasteiger partial charge in [0.1, 0.15) is 17.5 Å². The zero-order valence-corrected chi connectivity index (χ0v) is 14.4. The predicted molar refractivity (Wildman–Crippen MR) is 89.2 cm³/mol. The average Bonchev–Trinajstić information content (AvgIpc) is 2.68. The molecule has 1 aromatic carbocycles. The minimum Gasteiger partial charge on any atom is -0.457 e. The van der Waals surface area contributed by atoms with Crippen LogP contribution in [0.5, 0.6) is 11.5 Å². The number of carbonyl (C=O) groups excluding carboxylic acids is 1. The minimum atomic E-state index is -3.94. The van der Waals surface area contributed by atoms with E-state index in [0.29, 0.717) is 11.5 Å². The van der Waals surface area contributed by atoms with Gasteiger partial charge in [0.25, 0.3) is 5.91 Å². The van der Waals surface area contributed by atoms with Gasteiger partial charge in [-0.25, -0.2) is 13.9 Å². The topological polar surface area (TPSA) is 118 Å². The number of pyridine rings is 1. The third kappa shape index (κ3) is 3.83. The first-order valence-corrected chi connectivity index (χ1v) is 9.18. The van der Waals surface area contributed by atoms with Crippen molar-refractivity contribution in [2.45, 2.75) is 10.9 Å². The third-order valence-corrected chi connectivity index (χ3v) is 5.73. The first kappa shape index (κ1) is 18.3. The van der Waals surface area contributed by atoms with Gasteiger partial charge in [-0.3, -0.25) is 15.0 Å². The van der Waals surface area contributed by atoms with Crippen molar-refractivity contribution in [2.24, 2.45) is 0 Å². The normalized spacial score (nSPS) is 18.3. The highest BCUT2D eigenvalue weighted by Crippen LogP contribution is 2.25. The van der Waals surface area contributed by atoms with E-state index < -0.39 is 22.0 Å². The van der Waals surface area contributed by atoms with E-state index in [9.17, 15) is 13.2 Å². The van der Waals surface area contributed by atoms with Crippen LogP contribution in [0.1, 0.15) is 0 Å². The summed E-state index contributed by atoms with van der Waals surface area (Å²) in [4.78, 5) is 15.6. The maximum absolute atomic E-state index is 12.8. The molecule has 1 aromatic heterocycles. The largest absolute Gasteiger partial charge is 0.457 e. The first-order valence-electron chi connectivity index (χ1n) is 7.74. The van der Waals surface area contributed by atoms with Gasteiger partial charge in [-0.2, -0.15) is 4.31 Å². The lowest BCUT2D eigenvalue weighted by molar-refractivity contribution is -0.137. The van der Waals surface area contributed by atoms with E-state index in [1.54, 1.807) is 24.5 Å². The Balaban J connectivity index is 1.81. The fourth-order valence-corrected chi connectivity index (χ4v) is 4.07. The highest BCUT2D eigenvalue weighted by atomic mass is 32.2. The summed E-state index contributed by atoms with van der Waals surface area (Å²) < 4.78 is 37.5. The molecule has 10 heteroatoms. The molecule has 1 amide bonds. The van der Waals surface area contributed by atoms with Crippen molar-refractivity contribution >= 4 is 15.9 Å². The van der Waals surface area contributed by atoms with E-state index in [2.05, 4.69) is 4.98 Å². The van der Waals surface area contributed by atoms with Crippen LogP contribution >= 0.6 is 0 Å². The lowest BCUT2D eigenvalue weighted by Crippen LogP contribution is -2.55. The van der Waals surface area contributed by atoms with E-state index in [1.165, 1.54) is 29.7 Å². The monoisotopic (exact) mass is 379 g/mol. The van der Waals surface area contributed by atoms with Crippen LogP contribution in [0.15, 0.2) is 53.7 Å². The Labute approximate surface area is 150 Å². The van der Waals surface area contributed by atoms with E-state index >= 15 is 0 Å². The maximum Gasteiger partial charge on any atom is 0.264 e. The molecule has 138 valence electrons. The van der Waals surface area contributed by atoms with Crippen LogP contribution in [0.2, 0.25) is 0 Å². The number of aromatic nitrogens is 1. The van der Waals surface area contributed by atoms with Crippen molar-refractivity contribution in [3.63, 3.8) is 0 Å². The van der Waals surface area contributed by atoms with Crippen LogP contribution < -0.4 is 10.2 Å². The van der Waals surface area contributed by atoms with Gasteiger partial charge in [0, 0.05) is 18.9 Å². The van der Waals surface area contributed by atoms with Crippen LogP contribution in [0.25, 0.3) is 0 Å². The van der Waals surface area contributed by atoms with Crippen molar-refractivity contribution in [1.29, 1.82) is 0 Å². The van der Waals surface area contributed by atoms with Gasteiger partial charge in [0.15, 0.2) is 0 Å². The first-order chi connectivity index (χ1) is 12.5. The van der Waals surface area contributed by atoms with Gasteiger partial charge in [0.2, 0.25) is 10.0 Å². The van der Waals surface area contributed by atoms with Crippen molar-refractivity contribution in [1.82, 2.24) is 14.8 Å². The molecule has 2 N–H and O–H groups in total. The molecule has 0 radical (unpaired) electrons. The summed E-state index contributed by atoms with van der Waals surface area (Å²) in [5.74, 6) is 0.191. The summed E-state index contributed by atoms with van der Waals surface area (Å²) in [6.45, 7) is 0.0439. The Bertz CT molecular complexity index is 857. The molecule has 0 aliphatic carbocycles. The lowest BCUT2D eigenvalue weighted by atomic mass is 10.3. The number of ether oxygens (including phenoxy) is 2. The number of nitrogens with one attached hydrogen (secondary N) is 1. The van der Waals surface area contributed by atoms with E-state index in [-0.39, 0.29) is 24.7 Å².